The molecule has 0 bridgehead atoms. The molecule has 176 valence electrons. The lowest BCUT2D eigenvalue weighted by Gasteiger charge is -2.13. The first-order valence-corrected chi connectivity index (χ1v) is 10.7. The van der Waals surface area contributed by atoms with Gasteiger partial charge in [-0.05, 0) is 52.7 Å². The Morgan fingerprint density at radius 3 is 2.57 bits per heavy atom. The predicted molar refractivity (Wildman–Crippen MR) is 133 cm³/mol. The molecule has 8 nitrogen and oxygen atoms in total. The topological polar surface area (TPSA) is 123 Å². The van der Waals surface area contributed by atoms with E-state index in [-0.39, 0.29) is 23.5 Å². The number of methoxy groups -OCH3 is 1. The first-order chi connectivity index (χ1) is 17.0. The SMILES string of the molecule is COc1ccc(/C=N/NC(=O)c2c(O)ccc3ccccc23)cc1COc1ccccc1C(N)=O. The van der Waals surface area contributed by atoms with Crippen molar-refractivity contribution in [2.45, 2.75) is 6.61 Å². The molecule has 4 aromatic rings. The van der Waals surface area contributed by atoms with Gasteiger partial charge in [0.1, 0.15) is 23.9 Å². The van der Waals surface area contributed by atoms with Gasteiger partial charge in [-0.3, -0.25) is 9.59 Å². The second-order valence-electron chi connectivity index (χ2n) is 7.60. The highest BCUT2D eigenvalue weighted by Gasteiger charge is 2.15. The predicted octanol–water partition coefficient (Wildman–Crippen LogP) is 4.00. The highest BCUT2D eigenvalue weighted by Crippen LogP contribution is 2.27. The zero-order valence-corrected chi connectivity index (χ0v) is 18.9. The van der Waals surface area contributed by atoms with E-state index in [1.807, 2.05) is 12.1 Å². The van der Waals surface area contributed by atoms with Crippen LogP contribution >= 0.6 is 0 Å². The van der Waals surface area contributed by atoms with Crippen LogP contribution in [0.15, 0.2) is 84.0 Å². The average Bonchev–Trinajstić information content (AvgIpc) is 2.87. The number of primary amides is 1. The van der Waals surface area contributed by atoms with Crippen molar-refractivity contribution in [1.29, 1.82) is 0 Å². The third-order valence-electron chi connectivity index (χ3n) is 5.35. The molecule has 35 heavy (non-hydrogen) atoms. The van der Waals surface area contributed by atoms with Gasteiger partial charge in [-0.1, -0.05) is 42.5 Å². The molecule has 0 heterocycles. The number of rotatable bonds is 8. The number of nitrogens with one attached hydrogen (secondary N) is 1. The van der Waals surface area contributed by atoms with Crippen LogP contribution in [0, 0.1) is 0 Å². The van der Waals surface area contributed by atoms with Crippen molar-refractivity contribution in [3.05, 3.63) is 101 Å². The number of hydrazone groups is 1. The van der Waals surface area contributed by atoms with Gasteiger partial charge in [-0.15, -0.1) is 0 Å². The molecule has 0 aromatic heterocycles. The third kappa shape index (κ3) is 5.22. The van der Waals surface area contributed by atoms with Crippen molar-refractivity contribution >= 4 is 28.8 Å². The summed E-state index contributed by atoms with van der Waals surface area (Å²) in [6.45, 7) is 0.116. The number of amides is 2. The molecule has 0 fully saturated rings. The molecule has 2 amide bonds. The molecule has 4 rings (SSSR count). The monoisotopic (exact) mass is 469 g/mol. The average molecular weight is 469 g/mol. The van der Waals surface area contributed by atoms with E-state index < -0.39 is 11.8 Å². The lowest BCUT2D eigenvalue weighted by Crippen LogP contribution is -2.18. The van der Waals surface area contributed by atoms with Crippen LogP contribution in [0.2, 0.25) is 0 Å². The van der Waals surface area contributed by atoms with Gasteiger partial charge < -0.3 is 20.3 Å². The number of carbonyl (C=O) groups is 2. The van der Waals surface area contributed by atoms with E-state index in [9.17, 15) is 14.7 Å². The number of aromatic hydroxyl groups is 1. The van der Waals surface area contributed by atoms with Crippen molar-refractivity contribution in [2.75, 3.05) is 7.11 Å². The van der Waals surface area contributed by atoms with Crippen molar-refractivity contribution in [1.82, 2.24) is 5.43 Å². The molecule has 4 N–H and O–H groups in total. The quantitative estimate of drug-likeness (QED) is 0.266. The van der Waals surface area contributed by atoms with Crippen molar-refractivity contribution < 1.29 is 24.2 Å². The Morgan fingerprint density at radius 2 is 1.77 bits per heavy atom. The van der Waals surface area contributed by atoms with Crippen molar-refractivity contribution in [2.24, 2.45) is 10.8 Å². The first kappa shape index (κ1) is 23.3. The first-order valence-electron chi connectivity index (χ1n) is 10.7. The van der Waals surface area contributed by atoms with Gasteiger partial charge in [0.15, 0.2) is 0 Å². The molecule has 0 unspecified atom stereocenters. The number of phenols is 1. The zero-order valence-electron chi connectivity index (χ0n) is 18.9. The number of benzene rings is 4. The van der Waals surface area contributed by atoms with E-state index in [4.69, 9.17) is 15.2 Å². The molecule has 0 radical (unpaired) electrons. The Hall–Kier alpha value is -4.85. The largest absolute Gasteiger partial charge is 0.507 e. The van der Waals surface area contributed by atoms with Gasteiger partial charge in [0, 0.05) is 5.56 Å². The van der Waals surface area contributed by atoms with E-state index in [0.717, 1.165) is 5.39 Å². The zero-order chi connectivity index (χ0) is 24.8. The fraction of sp³-hybridized carbons (Fsp3) is 0.0741. The number of hydrogen-bond donors (Lipinski definition) is 3. The Balaban J connectivity index is 1.50. The molecule has 0 aliphatic rings. The van der Waals surface area contributed by atoms with Gasteiger partial charge in [-0.2, -0.15) is 5.10 Å². The molecule has 0 saturated heterocycles. The van der Waals surface area contributed by atoms with Crippen LogP contribution in [-0.2, 0) is 6.61 Å². The summed E-state index contributed by atoms with van der Waals surface area (Å²) in [7, 11) is 1.54. The number of nitrogens with zero attached hydrogens (tertiary/aromatic N) is 1. The fourth-order valence-corrected chi connectivity index (χ4v) is 3.66. The standard InChI is InChI=1S/C27H23N3O5/c1-34-23-13-10-17(14-19(23)16-35-24-9-5-4-8-21(24)26(28)32)15-29-30-27(33)25-20-7-3-2-6-18(20)11-12-22(25)31/h2-15,31H,16H2,1H3,(H2,28,32)(H,30,33)/b29-15+. The molecule has 0 spiro atoms. The van der Waals surface area contributed by atoms with Crippen molar-refractivity contribution in [3.63, 3.8) is 0 Å². The van der Waals surface area contributed by atoms with Gasteiger partial charge in [-0.25, -0.2) is 5.43 Å². The van der Waals surface area contributed by atoms with E-state index in [2.05, 4.69) is 10.5 Å². The summed E-state index contributed by atoms with van der Waals surface area (Å²) >= 11 is 0. The lowest BCUT2D eigenvalue weighted by molar-refractivity contribution is 0.0952. The summed E-state index contributed by atoms with van der Waals surface area (Å²) in [6, 6.07) is 22.5. The van der Waals surface area contributed by atoms with Crippen molar-refractivity contribution in [3.8, 4) is 17.2 Å². The molecule has 8 heteroatoms. The molecule has 0 aliphatic carbocycles. The Morgan fingerprint density at radius 1 is 1.00 bits per heavy atom. The van der Waals surface area contributed by atoms with Gasteiger partial charge in [0.2, 0.25) is 0 Å². The minimum Gasteiger partial charge on any atom is -0.507 e. The summed E-state index contributed by atoms with van der Waals surface area (Å²) < 4.78 is 11.2. The number of phenolic OH excluding ortho intramolecular Hbond substituents is 1. The molecule has 4 aromatic carbocycles. The number of carbonyl (C=O) groups excluding carboxylic acids is 2. The molecule has 0 aliphatic heterocycles. The number of ether oxygens (including phenoxy) is 2. The lowest BCUT2D eigenvalue weighted by atomic mass is 10.0. The second-order valence-corrected chi connectivity index (χ2v) is 7.60. The minimum absolute atomic E-state index is 0.116. The van der Waals surface area contributed by atoms with Gasteiger partial charge in [0.05, 0.1) is 24.5 Å². The van der Waals surface area contributed by atoms with Crippen LogP contribution in [-0.4, -0.2) is 30.2 Å². The highest BCUT2D eigenvalue weighted by molar-refractivity contribution is 6.09. The van der Waals surface area contributed by atoms with Crippen LogP contribution in [0.25, 0.3) is 10.8 Å². The van der Waals surface area contributed by atoms with Crippen LogP contribution < -0.4 is 20.6 Å². The Labute approximate surface area is 201 Å². The summed E-state index contributed by atoms with van der Waals surface area (Å²) in [5.41, 5.74) is 9.69. The van der Waals surface area contributed by atoms with Crippen LogP contribution in [0.1, 0.15) is 31.8 Å². The van der Waals surface area contributed by atoms with E-state index in [0.29, 0.717) is 28.0 Å². The van der Waals surface area contributed by atoms with Crippen LogP contribution in [0.5, 0.6) is 17.2 Å². The number of fused-ring (bicyclic) bond motifs is 1. The maximum atomic E-state index is 12.7. The minimum atomic E-state index is -0.582. The van der Waals surface area contributed by atoms with E-state index in [1.54, 1.807) is 67.8 Å². The maximum absolute atomic E-state index is 12.7. The van der Waals surface area contributed by atoms with E-state index in [1.165, 1.54) is 12.3 Å². The Kier molecular flexibility index (Phi) is 6.92. The molecular formula is C27H23N3O5. The van der Waals surface area contributed by atoms with Crippen LogP contribution in [0.4, 0.5) is 0 Å². The number of hydrogen-bond acceptors (Lipinski definition) is 6. The summed E-state index contributed by atoms with van der Waals surface area (Å²) in [4.78, 5) is 24.4. The number of para-hydroxylation sites is 1. The highest BCUT2D eigenvalue weighted by atomic mass is 16.5. The Bertz CT molecular complexity index is 1430. The maximum Gasteiger partial charge on any atom is 0.275 e. The summed E-state index contributed by atoms with van der Waals surface area (Å²) in [6.07, 6.45) is 1.47. The second kappa shape index (κ2) is 10.4. The normalized spacial score (nSPS) is 10.9. The molecule has 0 atom stereocenters. The summed E-state index contributed by atoms with van der Waals surface area (Å²) in [5, 5.41) is 15.7. The van der Waals surface area contributed by atoms with E-state index >= 15 is 0 Å². The fourth-order valence-electron chi connectivity index (χ4n) is 3.66. The third-order valence-corrected chi connectivity index (χ3v) is 5.35. The number of nitrogens with two attached hydrogens (primary N) is 1. The summed E-state index contributed by atoms with van der Waals surface area (Å²) in [5.74, 6) is -0.291. The van der Waals surface area contributed by atoms with Crippen LogP contribution in [0.3, 0.4) is 0 Å². The smallest absolute Gasteiger partial charge is 0.275 e. The van der Waals surface area contributed by atoms with Gasteiger partial charge >= 0.3 is 0 Å². The molecule has 0 saturated carbocycles. The molecular weight excluding hydrogens is 446 g/mol. The van der Waals surface area contributed by atoms with Gasteiger partial charge in [0.25, 0.3) is 11.8 Å².